The van der Waals surface area contributed by atoms with Crippen LogP contribution in [0.1, 0.15) is 16.3 Å². The number of hydrogen-bond acceptors (Lipinski definition) is 6. The number of methoxy groups -OCH3 is 1. The minimum Gasteiger partial charge on any atom is -0.463 e. The van der Waals surface area contributed by atoms with Crippen molar-refractivity contribution >= 4 is 16.0 Å². The lowest BCUT2D eigenvalue weighted by atomic mass is 10.4. The molecule has 15 heavy (non-hydrogen) atoms. The second-order valence-electron chi connectivity index (χ2n) is 2.64. The topological polar surface area (TPSA) is 112 Å². The molecule has 0 radical (unpaired) electrons. The normalized spacial score (nSPS) is 11.4. The van der Waals surface area contributed by atoms with Crippen LogP contribution in [0.4, 0.5) is 0 Å². The quantitative estimate of drug-likeness (QED) is 0.415. The van der Waals surface area contributed by atoms with Crippen LogP contribution in [0, 0.1) is 6.92 Å². The Morgan fingerprint density at radius 2 is 2.20 bits per heavy atom. The number of nitrogens with one attached hydrogen (secondary N) is 1. The van der Waals surface area contributed by atoms with Crippen molar-refractivity contribution < 1.29 is 22.4 Å². The number of furan rings is 1. The highest BCUT2D eigenvalue weighted by atomic mass is 32.2. The van der Waals surface area contributed by atoms with E-state index < -0.39 is 16.0 Å². The molecule has 0 amide bonds. The third-order valence-corrected chi connectivity index (χ3v) is 3.00. The number of hydrogen-bond donors (Lipinski definition) is 2. The summed E-state index contributed by atoms with van der Waals surface area (Å²) in [5, 5.41) is 0. The zero-order chi connectivity index (χ0) is 11.6. The number of carbonyl (C=O) groups is 1. The van der Waals surface area contributed by atoms with Gasteiger partial charge in [0.05, 0.1) is 7.11 Å². The zero-order valence-corrected chi connectivity index (χ0v) is 8.92. The number of carbonyl (C=O) groups excluding carboxylic acids is 1. The number of aryl methyl sites for hydroxylation is 1. The van der Waals surface area contributed by atoms with Gasteiger partial charge in [-0.15, -0.1) is 4.83 Å². The Morgan fingerprint density at radius 1 is 1.60 bits per heavy atom. The van der Waals surface area contributed by atoms with Crippen molar-refractivity contribution in [2.45, 2.75) is 11.8 Å². The minimum atomic E-state index is -3.82. The highest BCUT2D eigenvalue weighted by molar-refractivity contribution is 7.89. The van der Waals surface area contributed by atoms with Crippen LogP contribution < -0.4 is 10.7 Å². The van der Waals surface area contributed by atoms with Crippen molar-refractivity contribution in [2.24, 2.45) is 5.84 Å². The van der Waals surface area contributed by atoms with Crippen molar-refractivity contribution in [1.29, 1.82) is 0 Å². The summed E-state index contributed by atoms with van der Waals surface area (Å²) >= 11 is 0. The molecule has 0 unspecified atom stereocenters. The van der Waals surface area contributed by atoms with Gasteiger partial charge in [0.1, 0.15) is 10.7 Å². The maximum absolute atomic E-state index is 11.3. The Morgan fingerprint density at radius 3 is 2.67 bits per heavy atom. The summed E-state index contributed by atoms with van der Waals surface area (Å²) in [6.07, 6.45) is 0. The fourth-order valence-electron chi connectivity index (χ4n) is 0.997. The largest absolute Gasteiger partial charge is 0.463 e. The second kappa shape index (κ2) is 4.01. The molecule has 0 bridgehead atoms. The number of ether oxygens (including phenoxy) is 1. The van der Waals surface area contributed by atoms with Gasteiger partial charge in [0.15, 0.2) is 0 Å². The zero-order valence-electron chi connectivity index (χ0n) is 8.10. The van der Waals surface area contributed by atoms with Crippen LogP contribution in [0.15, 0.2) is 15.4 Å². The standard InChI is InChI=1S/C7H10N2O5S/c1-4-6(15(11,12)9-8)3-5(14-4)7(10)13-2/h3,9H,8H2,1-2H3. The van der Waals surface area contributed by atoms with Crippen LogP contribution in [0.25, 0.3) is 0 Å². The molecule has 1 aromatic heterocycles. The molecule has 1 heterocycles. The first-order valence-electron chi connectivity index (χ1n) is 3.83. The molecule has 0 fully saturated rings. The average Bonchev–Trinajstić information content (AvgIpc) is 2.60. The highest BCUT2D eigenvalue weighted by Gasteiger charge is 2.23. The summed E-state index contributed by atoms with van der Waals surface area (Å²) < 4.78 is 31.9. The van der Waals surface area contributed by atoms with Gasteiger partial charge in [-0.05, 0) is 6.92 Å². The lowest BCUT2D eigenvalue weighted by Gasteiger charge is -1.97. The van der Waals surface area contributed by atoms with E-state index in [1.807, 2.05) is 0 Å². The summed E-state index contributed by atoms with van der Waals surface area (Å²) in [6, 6.07) is 1.05. The lowest BCUT2D eigenvalue weighted by Crippen LogP contribution is -2.30. The second-order valence-corrected chi connectivity index (χ2v) is 4.33. The van der Waals surface area contributed by atoms with Crippen molar-refractivity contribution in [1.82, 2.24) is 4.83 Å². The SMILES string of the molecule is COC(=O)c1cc(S(=O)(=O)NN)c(C)o1. The first-order chi connectivity index (χ1) is 6.92. The molecule has 0 aliphatic heterocycles. The van der Waals surface area contributed by atoms with E-state index in [9.17, 15) is 13.2 Å². The molecule has 0 aliphatic carbocycles. The van der Waals surface area contributed by atoms with Crippen LogP contribution in [-0.4, -0.2) is 21.5 Å². The van der Waals surface area contributed by atoms with E-state index >= 15 is 0 Å². The van der Waals surface area contributed by atoms with Crippen LogP contribution in [0.3, 0.4) is 0 Å². The van der Waals surface area contributed by atoms with E-state index in [-0.39, 0.29) is 16.4 Å². The molecule has 0 spiro atoms. The third-order valence-electron chi connectivity index (χ3n) is 1.70. The molecular formula is C7H10N2O5S. The van der Waals surface area contributed by atoms with Gasteiger partial charge in [0.2, 0.25) is 5.76 Å². The first kappa shape index (κ1) is 11.7. The summed E-state index contributed by atoms with van der Waals surface area (Å²) in [4.78, 5) is 12.5. The van der Waals surface area contributed by atoms with Crippen LogP contribution in [0.2, 0.25) is 0 Å². The van der Waals surface area contributed by atoms with Gasteiger partial charge in [-0.3, -0.25) is 5.84 Å². The summed E-state index contributed by atoms with van der Waals surface area (Å²) in [5.74, 6) is 3.95. The number of nitrogens with two attached hydrogens (primary N) is 1. The van der Waals surface area contributed by atoms with E-state index in [1.54, 1.807) is 4.83 Å². The van der Waals surface area contributed by atoms with E-state index in [4.69, 9.17) is 10.3 Å². The maximum atomic E-state index is 11.3. The van der Waals surface area contributed by atoms with E-state index in [1.165, 1.54) is 6.92 Å². The highest BCUT2D eigenvalue weighted by Crippen LogP contribution is 2.19. The van der Waals surface area contributed by atoms with Crippen LogP contribution >= 0.6 is 0 Å². The molecule has 0 atom stereocenters. The molecule has 1 rings (SSSR count). The summed E-state index contributed by atoms with van der Waals surface area (Å²) in [7, 11) is -2.66. The molecule has 3 N–H and O–H groups in total. The van der Waals surface area contributed by atoms with Crippen LogP contribution in [-0.2, 0) is 14.8 Å². The fourth-order valence-corrected chi connectivity index (χ4v) is 1.81. The van der Waals surface area contributed by atoms with Gasteiger partial charge < -0.3 is 9.15 Å². The van der Waals surface area contributed by atoms with E-state index in [2.05, 4.69) is 4.74 Å². The molecule has 0 aliphatic rings. The number of rotatable bonds is 3. The van der Waals surface area contributed by atoms with Gasteiger partial charge in [0.25, 0.3) is 10.0 Å². The molecule has 8 heteroatoms. The Bertz CT molecular complexity index is 476. The predicted octanol–water partition coefficient (Wildman–Crippen LogP) is -0.473. The molecule has 0 aromatic carbocycles. The predicted molar refractivity (Wildman–Crippen MR) is 49.3 cm³/mol. The maximum Gasteiger partial charge on any atom is 0.373 e. The molecule has 84 valence electrons. The van der Waals surface area contributed by atoms with Crippen LogP contribution in [0.5, 0.6) is 0 Å². The van der Waals surface area contributed by atoms with Gasteiger partial charge in [-0.25, -0.2) is 13.2 Å². The van der Waals surface area contributed by atoms with Crippen molar-refractivity contribution in [2.75, 3.05) is 7.11 Å². The minimum absolute atomic E-state index is 0.0633. The van der Waals surface area contributed by atoms with Gasteiger partial charge in [-0.1, -0.05) is 0 Å². The Kier molecular flexibility index (Phi) is 3.12. The van der Waals surface area contributed by atoms with E-state index in [0.717, 1.165) is 13.2 Å². The van der Waals surface area contributed by atoms with Crippen molar-refractivity contribution in [3.8, 4) is 0 Å². The molecule has 0 saturated carbocycles. The molecular weight excluding hydrogens is 224 g/mol. The lowest BCUT2D eigenvalue weighted by molar-refractivity contribution is 0.0563. The Labute approximate surface area is 86.2 Å². The number of esters is 1. The third kappa shape index (κ3) is 2.17. The van der Waals surface area contributed by atoms with E-state index in [0.29, 0.717) is 0 Å². The summed E-state index contributed by atoms with van der Waals surface area (Å²) in [5.41, 5.74) is 0. The number of sulfonamides is 1. The monoisotopic (exact) mass is 234 g/mol. The molecule has 7 nitrogen and oxygen atoms in total. The Balaban J connectivity index is 3.24. The van der Waals surface area contributed by atoms with Gasteiger partial charge >= 0.3 is 5.97 Å². The average molecular weight is 234 g/mol. The van der Waals surface area contributed by atoms with Crippen molar-refractivity contribution in [3.63, 3.8) is 0 Å². The first-order valence-corrected chi connectivity index (χ1v) is 5.32. The molecule has 0 saturated heterocycles. The number of hydrazine groups is 1. The van der Waals surface area contributed by atoms with Gasteiger partial charge in [0, 0.05) is 6.07 Å². The van der Waals surface area contributed by atoms with Crippen molar-refractivity contribution in [3.05, 3.63) is 17.6 Å². The molecule has 1 aromatic rings. The van der Waals surface area contributed by atoms with Gasteiger partial charge in [-0.2, -0.15) is 0 Å². The summed E-state index contributed by atoms with van der Waals surface area (Å²) in [6.45, 7) is 1.40. The Hall–Kier alpha value is -1.38. The smallest absolute Gasteiger partial charge is 0.373 e. The fraction of sp³-hybridized carbons (Fsp3) is 0.286.